The van der Waals surface area contributed by atoms with E-state index in [1.54, 1.807) is 11.3 Å². The Morgan fingerprint density at radius 3 is 3.08 bits per heavy atom. The summed E-state index contributed by atoms with van der Waals surface area (Å²) >= 11 is 1.67. The minimum atomic E-state index is 0.683. The van der Waals surface area contributed by atoms with E-state index < -0.39 is 0 Å². The molecule has 0 aliphatic heterocycles. The van der Waals surface area contributed by atoms with Crippen molar-refractivity contribution in [1.29, 1.82) is 0 Å². The lowest BCUT2D eigenvalue weighted by molar-refractivity contribution is 0.136. The van der Waals surface area contributed by atoms with E-state index in [4.69, 9.17) is 4.74 Å². The third kappa shape index (κ3) is 3.74. The topological polar surface area (TPSA) is 34.2 Å². The highest BCUT2D eigenvalue weighted by Gasteiger charge is 1.99. The number of ether oxygens (including phenoxy) is 1. The second kappa shape index (κ2) is 5.94. The van der Waals surface area contributed by atoms with E-state index in [9.17, 15) is 0 Å². The molecule has 0 amide bonds. The summed E-state index contributed by atoms with van der Waals surface area (Å²) in [6, 6.07) is 0. The molecule has 74 valence electrons. The molecule has 1 N–H and O–H groups in total. The molecule has 1 rings (SSSR count). The van der Waals surface area contributed by atoms with Crippen molar-refractivity contribution < 1.29 is 4.74 Å². The van der Waals surface area contributed by atoms with Gasteiger partial charge in [0.25, 0.3) is 0 Å². The fourth-order valence-corrected chi connectivity index (χ4v) is 1.67. The van der Waals surface area contributed by atoms with Crippen molar-refractivity contribution in [2.75, 3.05) is 18.5 Å². The standard InChI is InChI=1S/C9H16N2OS/c1-3-5-10-9-11-6-8(13-9)7-12-4-2/h6H,3-5,7H2,1-2H3,(H,10,11). The van der Waals surface area contributed by atoms with Crippen LogP contribution in [0.2, 0.25) is 0 Å². The largest absolute Gasteiger partial charge is 0.376 e. The van der Waals surface area contributed by atoms with Gasteiger partial charge in [-0.1, -0.05) is 18.3 Å². The summed E-state index contributed by atoms with van der Waals surface area (Å²) in [6.07, 6.45) is 3.00. The van der Waals surface area contributed by atoms with Crippen molar-refractivity contribution in [1.82, 2.24) is 4.98 Å². The van der Waals surface area contributed by atoms with E-state index >= 15 is 0 Å². The predicted molar refractivity (Wildman–Crippen MR) is 56.2 cm³/mol. The maximum absolute atomic E-state index is 5.28. The Morgan fingerprint density at radius 1 is 1.54 bits per heavy atom. The molecule has 1 aromatic rings. The van der Waals surface area contributed by atoms with Crippen molar-refractivity contribution in [3.8, 4) is 0 Å². The Balaban J connectivity index is 2.34. The molecule has 4 heteroatoms. The van der Waals surface area contributed by atoms with Crippen LogP contribution in [-0.2, 0) is 11.3 Å². The maximum atomic E-state index is 5.28. The normalized spacial score (nSPS) is 10.3. The molecule has 0 radical (unpaired) electrons. The lowest BCUT2D eigenvalue weighted by Gasteiger charge is -1.97. The van der Waals surface area contributed by atoms with Crippen LogP contribution < -0.4 is 5.32 Å². The zero-order valence-corrected chi connectivity index (χ0v) is 8.99. The van der Waals surface area contributed by atoms with Gasteiger partial charge in [0.05, 0.1) is 11.5 Å². The summed E-state index contributed by atoms with van der Waals surface area (Å²) in [5.74, 6) is 0. The van der Waals surface area contributed by atoms with Gasteiger partial charge in [-0.2, -0.15) is 0 Å². The molecular weight excluding hydrogens is 184 g/mol. The van der Waals surface area contributed by atoms with Gasteiger partial charge in [0, 0.05) is 19.3 Å². The number of anilines is 1. The summed E-state index contributed by atoms with van der Waals surface area (Å²) in [5.41, 5.74) is 0. The highest BCUT2D eigenvalue weighted by Crippen LogP contribution is 2.18. The Bertz CT molecular complexity index is 215. The van der Waals surface area contributed by atoms with Crippen molar-refractivity contribution in [2.24, 2.45) is 0 Å². The van der Waals surface area contributed by atoms with Crippen LogP contribution in [0.1, 0.15) is 25.1 Å². The van der Waals surface area contributed by atoms with Crippen molar-refractivity contribution in [3.05, 3.63) is 11.1 Å². The molecular formula is C9H16N2OS. The number of rotatable bonds is 6. The second-order valence-electron chi connectivity index (χ2n) is 2.70. The van der Waals surface area contributed by atoms with E-state index in [2.05, 4.69) is 17.2 Å². The van der Waals surface area contributed by atoms with Crippen LogP contribution in [0.5, 0.6) is 0 Å². The zero-order chi connectivity index (χ0) is 9.52. The minimum absolute atomic E-state index is 0.683. The highest BCUT2D eigenvalue weighted by molar-refractivity contribution is 7.15. The lowest BCUT2D eigenvalue weighted by Crippen LogP contribution is -1.97. The smallest absolute Gasteiger partial charge is 0.182 e. The Kier molecular flexibility index (Phi) is 4.78. The van der Waals surface area contributed by atoms with E-state index in [-0.39, 0.29) is 0 Å². The third-order valence-corrected chi connectivity index (χ3v) is 2.46. The van der Waals surface area contributed by atoms with E-state index in [1.165, 1.54) is 4.88 Å². The zero-order valence-electron chi connectivity index (χ0n) is 8.17. The molecule has 0 fully saturated rings. The number of hydrogen-bond donors (Lipinski definition) is 1. The third-order valence-electron chi connectivity index (χ3n) is 1.53. The molecule has 3 nitrogen and oxygen atoms in total. The van der Waals surface area contributed by atoms with Crippen molar-refractivity contribution in [3.63, 3.8) is 0 Å². The van der Waals surface area contributed by atoms with Gasteiger partial charge in [0.1, 0.15) is 0 Å². The summed E-state index contributed by atoms with van der Waals surface area (Å²) < 4.78 is 5.28. The van der Waals surface area contributed by atoms with Gasteiger partial charge in [0.15, 0.2) is 5.13 Å². The summed E-state index contributed by atoms with van der Waals surface area (Å²) in [5, 5.41) is 4.24. The molecule has 0 saturated heterocycles. The monoisotopic (exact) mass is 200 g/mol. The van der Waals surface area contributed by atoms with E-state index in [0.29, 0.717) is 6.61 Å². The first-order valence-electron chi connectivity index (χ1n) is 4.63. The van der Waals surface area contributed by atoms with Gasteiger partial charge in [-0.05, 0) is 13.3 Å². The van der Waals surface area contributed by atoms with Crippen LogP contribution >= 0.6 is 11.3 Å². The SMILES string of the molecule is CCCNc1ncc(COCC)s1. The lowest BCUT2D eigenvalue weighted by atomic mass is 10.5. The summed E-state index contributed by atoms with van der Waals surface area (Å²) in [4.78, 5) is 5.41. The molecule has 0 atom stereocenters. The van der Waals surface area contributed by atoms with Gasteiger partial charge >= 0.3 is 0 Å². The van der Waals surface area contributed by atoms with Crippen LogP contribution in [0.4, 0.5) is 5.13 Å². The number of hydrogen-bond acceptors (Lipinski definition) is 4. The quantitative estimate of drug-likeness (QED) is 0.766. The molecule has 0 aromatic carbocycles. The fourth-order valence-electron chi connectivity index (χ4n) is 0.891. The molecule has 1 aromatic heterocycles. The number of nitrogens with one attached hydrogen (secondary N) is 1. The molecule has 0 saturated carbocycles. The molecule has 0 unspecified atom stereocenters. The van der Waals surface area contributed by atoms with Crippen LogP contribution in [0.25, 0.3) is 0 Å². The molecule has 0 aliphatic rings. The van der Waals surface area contributed by atoms with Crippen molar-refractivity contribution in [2.45, 2.75) is 26.9 Å². The summed E-state index contributed by atoms with van der Waals surface area (Å²) in [7, 11) is 0. The minimum Gasteiger partial charge on any atom is -0.376 e. The molecule has 13 heavy (non-hydrogen) atoms. The second-order valence-corrected chi connectivity index (χ2v) is 3.81. The maximum Gasteiger partial charge on any atom is 0.182 e. The Labute approximate surface area is 83.1 Å². The van der Waals surface area contributed by atoms with Gasteiger partial charge in [0.2, 0.25) is 0 Å². The van der Waals surface area contributed by atoms with Gasteiger partial charge in [-0.3, -0.25) is 0 Å². The average molecular weight is 200 g/mol. The van der Waals surface area contributed by atoms with Crippen LogP contribution in [0.3, 0.4) is 0 Å². The van der Waals surface area contributed by atoms with Crippen LogP contribution in [0, 0.1) is 0 Å². The average Bonchev–Trinajstić information content (AvgIpc) is 2.59. The summed E-state index contributed by atoms with van der Waals surface area (Å²) in [6.45, 7) is 6.57. The van der Waals surface area contributed by atoms with Gasteiger partial charge in [-0.15, -0.1) is 0 Å². The van der Waals surface area contributed by atoms with Crippen LogP contribution in [0.15, 0.2) is 6.20 Å². The van der Waals surface area contributed by atoms with E-state index in [1.807, 2.05) is 13.1 Å². The number of thiazole rings is 1. The molecule has 0 bridgehead atoms. The first-order chi connectivity index (χ1) is 6.36. The highest BCUT2D eigenvalue weighted by atomic mass is 32.1. The van der Waals surface area contributed by atoms with Gasteiger partial charge < -0.3 is 10.1 Å². The van der Waals surface area contributed by atoms with E-state index in [0.717, 1.165) is 24.7 Å². The first kappa shape index (κ1) is 10.5. The van der Waals surface area contributed by atoms with Crippen molar-refractivity contribution >= 4 is 16.5 Å². The Hall–Kier alpha value is -0.610. The van der Waals surface area contributed by atoms with Gasteiger partial charge in [-0.25, -0.2) is 4.98 Å². The number of aromatic nitrogens is 1. The molecule has 0 aliphatic carbocycles. The Morgan fingerprint density at radius 2 is 2.38 bits per heavy atom. The first-order valence-corrected chi connectivity index (χ1v) is 5.44. The fraction of sp³-hybridized carbons (Fsp3) is 0.667. The number of nitrogens with zero attached hydrogens (tertiary/aromatic N) is 1. The predicted octanol–water partition coefficient (Wildman–Crippen LogP) is 2.50. The molecule has 0 spiro atoms. The molecule has 1 heterocycles. The van der Waals surface area contributed by atoms with Crippen LogP contribution in [-0.4, -0.2) is 18.1 Å².